The van der Waals surface area contributed by atoms with Crippen molar-refractivity contribution >= 4 is 23.9 Å². The lowest BCUT2D eigenvalue weighted by Gasteiger charge is -2.10. The lowest BCUT2D eigenvalue weighted by molar-refractivity contribution is -0.118. The second kappa shape index (κ2) is 10.6. The molecule has 8 nitrogen and oxygen atoms in total. The monoisotopic (exact) mass is 458 g/mol. The lowest BCUT2D eigenvalue weighted by Crippen LogP contribution is -2.20. The summed E-state index contributed by atoms with van der Waals surface area (Å²) in [6.45, 7) is 2.03. The Labute approximate surface area is 195 Å². The van der Waals surface area contributed by atoms with E-state index in [9.17, 15) is 4.79 Å². The van der Waals surface area contributed by atoms with Gasteiger partial charge in [0.05, 0.1) is 19.1 Å². The summed E-state index contributed by atoms with van der Waals surface area (Å²) in [6.07, 6.45) is 5.00. The molecule has 0 atom stereocenters. The summed E-state index contributed by atoms with van der Waals surface area (Å²) < 4.78 is 7.12. The fourth-order valence-electron chi connectivity index (χ4n) is 3.04. The van der Waals surface area contributed by atoms with Crippen molar-refractivity contribution in [1.82, 2.24) is 25.2 Å². The summed E-state index contributed by atoms with van der Waals surface area (Å²) in [5.74, 6) is 1.29. The molecule has 0 saturated carbocycles. The number of aryl methyl sites for hydroxylation is 1. The predicted molar refractivity (Wildman–Crippen MR) is 129 cm³/mol. The lowest BCUT2D eigenvalue weighted by atomic mass is 10.2. The number of rotatable bonds is 8. The molecule has 2 aromatic heterocycles. The van der Waals surface area contributed by atoms with Crippen LogP contribution >= 0.6 is 11.8 Å². The number of nitrogens with one attached hydrogen (secondary N) is 1. The normalized spacial score (nSPS) is 11.0. The van der Waals surface area contributed by atoms with Gasteiger partial charge in [-0.25, -0.2) is 5.43 Å². The number of methoxy groups -OCH3 is 1. The molecule has 4 aromatic rings. The van der Waals surface area contributed by atoms with Crippen LogP contribution in [-0.4, -0.2) is 44.7 Å². The highest BCUT2D eigenvalue weighted by Gasteiger charge is 2.17. The Morgan fingerprint density at radius 3 is 2.67 bits per heavy atom. The van der Waals surface area contributed by atoms with Gasteiger partial charge in [0.2, 0.25) is 0 Å². The highest BCUT2D eigenvalue weighted by Crippen LogP contribution is 2.27. The molecule has 0 spiro atoms. The molecule has 0 saturated heterocycles. The van der Waals surface area contributed by atoms with Crippen molar-refractivity contribution in [2.24, 2.45) is 5.10 Å². The van der Waals surface area contributed by atoms with Gasteiger partial charge in [0, 0.05) is 23.6 Å². The largest absolute Gasteiger partial charge is 0.497 e. The predicted octanol–water partition coefficient (Wildman–Crippen LogP) is 3.89. The third-order valence-corrected chi connectivity index (χ3v) is 5.62. The number of pyridine rings is 1. The minimum atomic E-state index is -0.247. The van der Waals surface area contributed by atoms with Gasteiger partial charge in [0.25, 0.3) is 5.91 Å². The van der Waals surface area contributed by atoms with Crippen LogP contribution in [0.4, 0.5) is 0 Å². The van der Waals surface area contributed by atoms with Gasteiger partial charge in [-0.2, -0.15) is 5.10 Å². The Hall–Kier alpha value is -3.98. The van der Waals surface area contributed by atoms with Crippen molar-refractivity contribution in [2.45, 2.75) is 12.1 Å². The average Bonchev–Trinajstić information content (AvgIpc) is 3.28. The molecular formula is C24H22N6O2S. The molecule has 0 fully saturated rings. The molecule has 1 N–H and O–H groups in total. The van der Waals surface area contributed by atoms with E-state index in [0.717, 1.165) is 28.1 Å². The maximum Gasteiger partial charge on any atom is 0.250 e. The number of aromatic nitrogens is 4. The number of benzene rings is 2. The molecule has 166 valence electrons. The van der Waals surface area contributed by atoms with Crippen molar-refractivity contribution in [1.29, 1.82) is 0 Å². The molecule has 0 radical (unpaired) electrons. The molecule has 0 bridgehead atoms. The number of hydrogen-bond donors (Lipinski definition) is 1. The molecule has 0 aliphatic carbocycles. The van der Waals surface area contributed by atoms with E-state index < -0.39 is 0 Å². The summed E-state index contributed by atoms with van der Waals surface area (Å²) in [7, 11) is 1.60. The summed E-state index contributed by atoms with van der Waals surface area (Å²) in [4.78, 5) is 16.4. The second-order valence-corrected chi connectivity index (χ2v) is 8.01. The maximum absolute atomic E-state index is 12.4. The highest BCUT2D eigenvalue weighted by atomic mass is 32.2. The number of carbonyl (C=O) groups excluding carboxylic acids is 1. The third kappa shape index (κ3) is 5.64. The Morgan fingerprint density at radius 1 is 1.12 bits per heavy atom. The SMILES string of the molecule is COc1cccc(/C=N/NC(=O)CSc2nnc(-c3ccncc3)n2-c2ccc(C)cc2)c1. The van der Waals surface area contributed by atoms with Gasteiger partial charge in [0.15, 0.2) is 11.0 Å². The zero-order valence-electron chi connectivity index (χ0n) is 18.2. The van der Waals surface area contributed by atoms with Crippen LogP contribution in [0.3, 0.4) is 0 Å². The highest BCUT2D eigenvalue weighted by molar-refractivity contribution is 7.99. The van der Waals surface area contributed by atoms with Crippen LogP contribution < -0.4 is 10.2 Å². The summed E-state index contributed by atoms with van der Waals surface area (Å²) in [5.41, 5.74) is 6.32. The molecule has 1 amide bonds. The number of hydrogen-bond acceptors (Lipinski definition) is 7. The standard InChI is InChI=1S/C24H22N6O2S/c1-17-6-8-20(9-7-17)30-23(19-10-12-25-13-11-19)28-29-24(30)33-16-22(31)27-26-15-18-4-3-5-21(14-18)32-2/h3-15H,16H2,1-2H3,(H,27,31)/b26-15+. The quantitative estimate of drug-likeness (QED) is 0.245. The van der Waals surface area contributed by atoms with Crippen LogP contribution in [0.2, 0.25) is 0 Å². The number of nitrogens with zero attached hydrogens (tertiary/aromatic N) is 5. The number of hydrazone groups is 1. The van der Waals surface area contributed by atoms with Gasteiger partial charge >= 0.3 is 0 Å². The minimum absolute atomic E-state index is 0.135. The van der Waals surface area contributed by atoms with Gasteiger partial charge in [-0.15, -0.1) is 10.2 Å². The molecule has 0 aliphatic rings. The van der Waals surface area contributed by atoms with Crippen LogP contribution in [0.1, 0.15) is 11.1 Å². The van der Waals surface area contributed by atoms with Crippen molar-refractivity contribution in [3.8, 4) is 22.8 Å². The fourth-order valence-corrected chi connectivity index (χ4v) is 3.79. The topological polar surface area (TPSA) is 94.3 Å². The third-order valence-electron chi connectivity index (χ3n) is 4.69. The zero-order chi connectivity index (χ0) is 23.0. The van der Waals surface area contributed by atoms with Crippen LogP contribution in [-0.2, 0) is 4.79 Å². The van der Waals surface area contributed by atoms with Gasteiger partial charge in [0.1, 0.15) is 5.75 Å². The van der Waals surface area contributed by atoms with Gasteiger partial charge in [-0.05, 0) is 48.9 Å². The van der Waals surface area contributed by atoms with Crippen LogP contribution in [0.5, 0.6) is 5.75 Å². The Balaban J connectivity index is 1.48. The first-order valence-corrected chi connectivity index (χ1v) is 11.1. The van der Waals surface area contributed by atoms with E-state index in [1.807, 2.05) is 72.2 Å². The van der Waals surface area contributed by atoms with Crippen molar-refractivity contribution in [3.63, 3.8) is 0 Å². The second-order valence-electron chi connectivity index (χ2n) is 7.07. The average molecular weight is 459 g/mol. The summed E-state index contributed by atoms with van der Waals surface area (Å²) in [6, 6.07) is 19.2. The number of thioether (sulfide) groups is 1. The Morgan fingerprint density at radius 2 is 1.91 bits per heavy atom. The van der Waals surface area contributed by atoms with Gasteiger partial charge in [-0.1, -0.05) is 41.6 Å². The Kier molecular flexibility index (Phi) is 7.11. The van der Waals surface area contributed by atoms with E-state index in [-0.39, 0.29) is 11.7 Å². The number of amides is 1. The van der Waals surface area contributed by atoms with Gasteiger partial charge < -0.3 is 4.74 Å². The van der Waals surface area contributed by atoms with E-state index in [2.05, 4.69) is 25.7 Å². The molecule has 33 heavy (non-hydrogen) atoms. The van der Waals surface area contributed by atoms with E-state index in [0.29, 0.717) is 11.0 Å². The van der Waals surface area contributed by atoms with Crippen molar-refractivity contribution < 1.29 is 9.53 Å². The first kappa shape index (κ1) is 22.2. The van der Waals surface area contributed by atoms with E-state index in [4.69, 9.17) is 4.74 Å². The first-order valence-electron chi connectivity index (χ1n) is 10.2. The molecular weight excluding hydrogens is 436 g/mol. The first-order chi connectivity index (χ1) is 16.1. The van der Waals surface area contributed by atoms with E-state index in [1.165, 1.54) is 11.8 Å². The van der Waals surface area contributed by atoms with Crippen LogP contribution in [0.25, 0.3) is 17.1 Å². The molecule has 4 rings (SSSR count). The molecule has 2 heterocycles. The van der Waals surface area contributed by atoms with Crippen molar-refractivity contribution in [2.75, 3.05) is 12.9 Å². The molecule has 9 heteroatoms. The summed E-state index contributed by atoms with van der Waals surface area (Å²) >= 11 is 1.29. The van der Waals surface area contributed by atoms with Crippen LogP contribution in [0.15, 0.2) is 83.3 Å². The smallest absolute Gasteiger partial charge is 0.250 e. The van der Waals surface area contributed by atoms with Crippen LogP contribution in [0, 0.1) is 6.92 Å². The van der Waals surface area contributed by atoms with E-state index >= 15 is 0 Å². The fraction of sp³-hybridized carbons (Fsp3) is 0.125. The zero-order valence-corrected chi connectivity index (χ0v) is 19.0. The summed E-state index contributed by atoms with van der Waals surface area (Å²) in [5, 5.41) is 13.3. The molecule has 0 aliphatic heterocycles. The maximum atomic E-state index is 12.4. The van der Waals surface area contributed by atoms with E-state index in [1.54, 1.807) is 25.7 Å². The number of carbonyl (C=O) groups is 1. The minimum Gasteiger partial charge on any atom is -0.497 e. The van der Waals surface area contributed by atoms with Gasteiger partial charge in [-0.3, -0.25) is 14.3 Å². The molecule has 2 aromatic carbocycles. The molecule has 0 unspecified atom stereocenters. The number of ether oxygens (including phenoxy) is 1. The Bertz CT molecular complexity index is 1260. The van der Waals surface area contributed by atoms with Crippen molar-refractivity contribution in [3.05, 3.63) is 84.2 Å².